The summed E-state index contributed by atoms with van der Waals surface area (Å²) in [6.45, 7) is 3.14. The summed E-state index contributed by atoms with van der Waals surface area (Å²) in [5, 5.41) is 3.07. The van der Waals surface area contributed by atoms with Gasteiger partial charge in [-0.25, -0.2) is 8.42 Å². The number of hydrogen-bond acceptors (Lipinski definition) is 6. The van der Waals surface area contributed by atoms with Crippen molar-refractivity contribution in [3.8, 4) is 11.5 Å². The number of fused-ring (bicyclic) bond motifs is 1. The molecule has 1 heterocycles. The van der Waals surface area contributed by atoms with Crippen molar-refractivity contribution in [2.75, 3.05) is 29.9 Å². The fraction of sp³-hybridized carbons (Fsp3) is 0.481. The number of nitrogens with one attached hydrogen (secondary N) is 1. The summed E-state index contributed by atoms with van der Waals surface area (Å²) in [6, 6.07) is 13.9. The number of sulfonamides is 1. The summed E-state index contributed by atoms with van der Waals surface area (Å²) >= 11 is 0. The van der Waals surface area contributed by atoms with Crippen LogP contribution in [0.25, 0.3) is 0 Å². The van der Waals surface area contributed by atoms with Gasteiger partial charge in [0.1, 0.15) is 12.6 Å². The molecule has 0 aromatic heterocycles. The smallest absolute Gasteiger partial charge is 0.244 e. The summed E-state index contributed by atoms with van der Waals surface area (Å²) in [4.78, 5) is 28.3. The molecular formula is C27H35N3O6S. The largest absolute Gasteiger partial charge is 0.454 e. The van der Waals surface area contributed by atoms with Gasteiger partial charge in [-0.1, -0.05) is 43.2 Å². The summed E-state index contributed by atoms with van der Waals surface area (Å²) in [6.07, 6.45) is 4.56. The van der Waals surface area contributed by atoms with Crippen LogP contribution in [0.2, 0.25) is 0 Å². The van der Waals surface area contributed by atoms with Gasteiger partial charge in [0.05, 0.1) is 11.4 Å². The monoisotopic (exact) mass is 529 g/mol. The maximum atomic E-state index is 13.7. The third-order valence-electron chi connectivity index (χ3n) is 6.98. The number of hydrogen-bond donors (Lipinski definition) is 1. The molecule has 0 spiro atoms. The van der Waals surface area contributed by atoms with Crippen LogP contribution in [0.4, 0.5) is 5.69 Å². The van der Waals surface area contributed by atoms with Crippen molar-refractivity contribution in [1.82, 2.24) is 10.2 Å². The van der Waals surface area contributed by atoms with Gasteiger partial charge in [-0.15, -0.1) is 0 Å². The molecule has 1 atom stereocenters. The van der Waals surface area contributed by atoms with E-state index in [1.54, 1.807) is 25.1 Å². The van der Waals surface area contributed by atoms with Gasteiger partial charge in [-0.05, 0) is 50.8 Å². The lowest BCUT2D eigenvalue weighted by molar-refractivity contribution is -0.139. The van der Waals surface area contributed by atoms with E-state index in [1.165, 1.54) is 11.8 Å². The van der Waals surface area contributed by atoms with Crippen LogP contribution in [0.1, 0.15) is 45.1 Å². The average Bonchev–Trinajstić information content (AvgIpc) is 3.59. The maximum Gasteiger partial charge on any atom is 0.244 e. The van der Waals surface area contributed by atoms with Crippen molar-refractivity contribution in [3.63, 3.8) is 0 Å². The van der Waals surface area contributed by atoms with E-state index in [2.05, 4.69) is 5.32 Å². The average molecular weight is 530 g/mol. The van der Waals surface area contributed by atoms with Crippen LogP contribution >= 0.6 is 0 Å². The Morgan fingerprint density at radius 3 is 2.46 bits per heavy atom. The minimum atomic E-state index is -3.80. The molecule has 2 amide bonds. The zero-order valence-corrected chi connectivity index (χ0v) is 22.2. The topological polar surface area (TPSA) is 105 Å². The molecule has 2 aromatic carbocycles. The van der Waals surface area contributed by atoms with Gasteiger partial charge in [-0.3, -0.25) is 13.9 Å². The van der Waals surface area contributed by atoms with E-state index in [-0.39, 0.29) is 31.0 Å². The molecule has 0 bridgehead atoms. The molecule has 1 fully saturated rings. The summed E-state index contributed by atoms with van der Waals surface area (Å²) in [5.41, 5.74) is 1.34. The highest BCUT2D eigenvalue weighted by atomic mass is 32.2. The van der Waals surface area contributed by atoms with E-state index >= 15 is 0 Å². The first-order valence-electron chi connectivity index (χ1n) is 12.8. The van der Waals surface area contributed by atoms with Gasteiger partial charge in [-0.2, -0.15) is 0 Å². The number of ether oxygens (including phenoxy) is 2. The molecule has 0 saturated heterocycles. The zero-order valence-electron chi connectivity index (χ0n) is 21.4. The van der Waals surface area contributed by atoms with E-state index in [0.717, 1.165) is 35.6 Å². The maximum absolute atomic E-state index is 13.7. The highest BCUT2D eigenvalue weighted by Crippen LogP contribution is 2.36. The van der Waals surface area contributed by atoms with Gasteiger partial charge in [0.15, 0.2) is 11.5 Å². The first-order valence-corrected chi connectivity index (χ1v) is 14.4. The molecule has 4 rings (SSSR count). The Kier molecular flexibility index (Phi) is 8.58. The Labute approximate surface area is 218 Å². The quantitative estimate of drug-likeness (QED) is 0.480. The molecule has 1 aliphatic carbocycles. The predicted molar refractivity (Wildman–Crippen MR) is 141 cm³/mol. The normalized spacial score (nSPS) is 15.8. The fourth-order valence-corrected chi connectivity index (χ4v) is 5.78. The molecule has 1 aliphatic heterocycles. The third-order valence-corrected chi connectivity index (χ3v) is 8.72. The van der Waals surface area contributed by atoms with Crippen molar-refractivity contribution in [2.45, 2.75) is 58.0 Å². The van der Waals surface area contributed by atoms with Crippen LogP contribution in [0.3, 0.4) is 0 Å². The minimum Gasteiger partial charge on any atom is -0.454 e. The Balaban J connectivity index is 1.57. The van der Waals surface area contributed by atoms with E-state index in [0.29, 0.717) is 23.6 Å². The zero-order chi connectivity index (χ0) is 26.4. The van der Waals surface area contributed by atoms with Crippen LogP contribution < -0.4 is 19.1 Å². The first kappa shape index (κ1) is 26.8. The standard InChI is InChI=1S/C27H35N3O6S/c1-3-37(33,34)30(23-13-14-24-25(17-23)36-19-35-24)18-26(31)29(16-15-21-9-5-4-6-10-21)20(2)27(32)28-22-11-7-8-12-22/h4-6,9-10,13-14,17,20,22H,3,7-8,11-12,15-16,18-19H2,1-2H3,(H,28,32)/t20-/m0/s1. The molecule has 9 nitrogen and oxygen atoms in total. The van der Waals surface area contributed by atoms with Crippen LogP contribution in [0, 0.1) is 0 Å². The molecule has 0 unspecified atom stereocenters. The molecule has 2 aliphatic rings. The van der Waals surface area contributed by atoms with Gasteiger partial charge in [0.2, 0.25) is 28.6 Å². The molecule has 2 aromatic rings. The van der Waals surface area contributed by atoms with Crippen molar-refractivity contribution < 1.29 is 27.5 Å². The van der Waals surface area contributed by atoms with Gasteiger partial charge in [0.25, 0.3) is 0 Å². The number of anilines is 1. The SMILES string of the molecule is CCS(=O)(=O)N(CC(=O)N(CCc1ccccc1)[C@@H](C)C(=O)NC1CCCC1)c1ccc2c(c1)OCO2. The lowest BCUT2D eigenvalue weighted by Crippen LogP contribution is -2.53. The molecule has 37 heavy (non-hydrogen) atoms. The Morgan fingerprint density at radius 2 is 1.76 bits per heavy atom. The fourth-order valence-electron chi connectivity index (χ4n) is 4.72. The van der Waals surface area contributed by atoms with Gasteiger partial charge >= 0.3 is 0 Å². The Morgan fingerprint density at radius 1 is 1.05 bits per heavy atom. The highest BCUT2D eigenvalue weighted by Gasteiger charge is 2.32. The summed E-state index contributed by atoms with van der Waals surface area (Å²) in [5.74, 6) is 0.0919. The molecule has 1 N–H and O–H groups in total. The predicted octanol–water partition coefficient (Wildman–Crippen LogP) is 3.09. The third kappa shape index (κ3) is 6.54. The number of carbonyl (C=O) groups excluding carboxylic acids is 2. The van der Waals surface area contributed by atoms with Crippen molar-refractivity contribution in [2.24, 2.45) is 0 Å². The molecular weight excluding hydrogens is 494 g/mol. The van der Waals surface area contributed by atoms with E-state index in [9.17, 15) is 18.0 Å². The van der Waals surface area contributed by atoms with Crippen molar-refractivity contribution in [3.05, 3.63) is 54.1 Å². The molecule has 200 valence electrons. The van der Waals surface area contributed by atoms with E-state index in [4.69, 9.17) is 9.47 Å². The van der Waals surface area contributed by atoms with E-state index in [1.807, 2.05) is 30.3 Å². The summed E-state index contributed by atoms with van der Waals surface area (Å²) in [7, 11) is -3.80. The van der Waals surface area contributed by atoms with Crippen molar-refractivity contribution in [1.29, 1.82) is 0 Å². The van der Waals surface area contributed by atoms with Crippen LogP contribution in [-0.2, 0) is 26.0 Å². The van der Waals surface area contributed by atoms with Crippen LogP contribution in [0.5, 0.6) is 11.5 Å². The van der Waals surface area contributed by atoms with E-state index < -0.39 is 28.5 Å². The molecule has 10 heteroatoms. The number of carbonyl (C=O) groups is 2. The molecule has 0 radical (unpaired) electrons. The number of nitrogens with zero attached hydrogens (tertiary/aromatic N) is 2. The van der Waals surface area contributed by atoms with Crippen LogP contribution in [0.15, 0.2) is 48.5 Å². The summed E-state index contributed by atoms with van der Waals surface area (Å²) < 4.78 is 38.0. The van der Waals surface area contributed by atoms with Crippen LogP contribution in [-0.4, -0.2) is 62.9 Å². The lowest BCUT2D eigenvalue weighted by atomic mass is 10.1. The second-order valence-corrected chi connectivity index (χ2v) is 11.6. The minimum absolute atomic E-state index is 0.0547. The second-order valence-electron chi connectivity index (χ2n) is 9.43. The Bertz CT molecular complexity index is 1200. The number of amides is 2. The number of rotatable bonds is 11. The Hall–Kier alpha value is -3.27. The van der Waals surface area contributed by atoms with Crippen molar-refractivity contribution >= 4 is 27.5 Å². The molecule has 1 saturated carbocycles. The number of benzene rings is 2. The highest BCUT2D eigenvalue weighted by molar-refractivity contribution is 7.92. The van der Waals surface area contributed by atoms with Gasteiger partial charge < -0.3 is 19.7 Å². The van der Waals surface area contributed by atoms with Gasteiger partial charge in [0, 0.05) is 18.7 Å². The first-order chi connectivity index (χ1) is 17.8. The second kappa shape index (κ2) is 11.9. The lowest BCUT2D eigenvalue weighted by Gasteiger charge is -2.32.